The molecule has 0 aliphatic heterocycles. The van der Waals surface area contributed by atoms with Gasteiger partial charge in [-0.15, -0.1) is 12.4 Å². The average Bonchev–Trinajstić information content (AvgIpc) is 3.18. The van der Waals surface area contributed by atoms with Gasteiger partial charge in [0, 0.05) is 20.1 Å². The van der Waals surface area contributed by atoms with E-state index < -0.39 is 10.0 Å². The van der Waals surface area contributed by atoms with Gasteiger partial charge in [0.15, 0.2) is 0 Å². The van der Waals surface area contributed by atoms with E-state index in [-0.39, 0.29) is 24.1 Å². The van der Waals surface area contributed by atoms with E-state index >= 15 is 0 Å². The fourth-order valence-electron chi connectivity index (χ4n) is 1.66. The summed E-state index contributed by atoms with van der Waals surface area (Å²) in [6.45, 7) is 3.84. The van der Waals surface area contributed by atoms with Gasteiger partial charge in [0.05, 0.1) is 12.3 Å². The quantitative estimate of drug-likeness (QED) is 0.562. The molecule has 0 radical (unpaired) electrons. The molecule has 1 aliphatic rings. The van der Waals surface area contributed by atoms with E-state index in [2.05, 4.69) is 10.6 Å². The lowest BCUT2D eigenvalue weighted by Crippen LogP contribution is -2.36. The SMILES string of the molecule is CCS(=O)(=O)N(C)CCCNC(=O)CNCC1CC1.Cl. The van der Waals surface area contributed by atoms with E-state index in [1.165, 1.54) is 17.1 Å². The Morgan fingerprint density at radius 2 is 2.00 bits per heavy atom. The van der Waals surface area contributed by atoms with Gasteiger partial charge in [-0.2, -0.15) is 0 Å². The van der Waals surface area contributed by atoms with Crippen molar-refractivity contribution in [3.8, 4) is 0 Å². The second-order valence-corrected chi connectivity index (χ2v) is 7.36. The van der Waals surface area contributed by atoms with Crippen LogP contribution < -0.4 is 10.6 Å². The second kappa shape index (κ2) is 9.55. The fraction of sp³-hybridized carbons (Fsp3) is 0.917. The highest BCUT2D eigenvalue weighted by Gasteiger charge is 2.20. The molecule has 2 N–H and O–H groups in total. The van der Waals surface area contributed by atoms with E-state index in [1.54, 1.807) is 14.0 Å². The lowest BCUT2D eigenvalue weighted by atomic mass is 10.4. The van der Waals surface area contributed by atoms with Gasteiger partial charge in [-0.25, -0.2) is 12.7 Å². The van der Waals surface area contributed by atoms with Crippen molar-refractivity contribution in [2.75, 3.05) is 39.0 Å². The molecular formula is C12H26ClN3O3S. The Morgan fingerprint density at radius 3 is 2.55 bits per heavy atom. The van der Waals surface area contributed by atoms with Crippen LogP contribution in [-0.2, 0) is 14.8 Å². The summed E-state index contributed by atoms with van der Waals surface area (Å²) in [5, 5.41) is 5.89. The Hall–Kier alpha value is -0.370. The largest absolute Gasteiger partial charge is 0.355 e. The number of hydrogen-bond donors (Lipinski definition) is 2. The number of nitrogens with zero attached hydrogens (tertiary/aromatic N) is 1. The zero-order valence-corrected chi connectivity index (χ0v) is 13.9. The zero-order valence-electron chi connectivity index (χ0n) is 12.2. The first-order valence-electron chi connectivity index (χ1n) is 6.87. The van der Waals surface area contributed by atoms with Gasteiger partial charge < -0.3 is 10.6 Å². The van der Waals surface area contributed by atoms with Crippen molar-refractivity contribution < 1.29 is 13.2 Å². The van der Waals surface area contributed by atoms with Crippen LogP contribution in [0.1, 0.15) is 26.2 Å². The molecule has 0 saturated heterocycles. The molecule has 0 aromatic rings. The number of nitrogens with one attached hydrogen (secondary N) is 2. The van der Waals surface area contributed by atoms with Crippen LogP contribution in [-0.4, -0.2) is 57.6 Å². The zero-order chi connectivity index (χ0) is 14.3. The molecule has 1 aliphatic carbocycles. The fourth-order valence-corrected chi connectivity index (χ4v) is 2.51. The lowest BCUT2D eigenvalue weighted by Gasteiger charge is -2.15. The summed E-state index contributed by atoms with van der Waals surface area (Å²) in [7, 11) is -1.54. The molecule has 0 aromatic carbocycles. The lowest BCUT2D eigenvalue weighted by molar-refractivity contribution is -0.120. The molecule has 20 heavy (non-hydrogen) atoms. The summed E-state index contributed by atoms with van der Waals surface area (Å²) in [5.41, 5.74) is 0. The Morgan fingerprint density at radius 1 is 1.35 bits per heavy atom. The maximum Gasteiger partial charge on any atom is 0.233 e. The van der Waals surface area contributed by atoms with Crippen LogP contribution >= 0.6 is 12.4 Å². The maximum absolute atomic E-state index is 11.5. The van der Waals surface area contributed by atoms with Crippen molar-refractivity contribution in [2.24, 2.45) is 5.92 Å². The van der Waals surface area contributed by atoms with Gasteiger partial charge in [0.25, 0.3) is 0 Å². The normalized spacial score (nSPS) is 14.9. The van der Waals surface area contributed by atoms with Gasteiger partial charge in [0.1, 0.15) is 0 Å². The smallest absolute Gasteiger partial charge is 0.233 e. The van der Waals surface area contributed by atoms with Crippen LogP contribution in [0.4, 0.5) is 0 Å². The molecule has 120 valence electrons. The number of carbonyl (C=O) groups is 1. The van der Waals surface area contributed by atoms with Crippen LogP contribution in [0.15, 0.2) is 0 Å². The Bertz CT molecular complexity index is 385. The van der Waals surface area contributed by atoms with E-state index in [4.69, 9.17) is 0 Å². The molecule has 1 fully saturated rings. The minimum atomic E-state index is -3.11. The predicted molar refractivity (Wildman–Crippen MR) is 82.6 cm³/mol. The highest BCUT2D eigenvalue weighted by atomic mass is 35.5. The van der Waals surface area contributed by atoms with Crippen LogP contribution in [0.2, 0.25) is 0 Å². The highest BCUT2D eigenvalue weighted by molar-refractivity contribution is 7.89. The van der Waals surface area contributed by atoms with Crippen molar-refractivity contribution in [2.45, 2.75) is 26.2 Å². The van der Waals surface area contributed by atoms with Crippen molar-refractivity contribution >= 4 is 28.3 Å². The average molecular weight is 328 g/mol. The molecule has 8 heteroatoms. The monoisotopic (exact) mass is 327 g/mol. The van der Waals surface area contributed by atoms with Crippen molar-refractivity contribution in [1.82, 2.24) is 14.9 Å². The summed E-state index contributed by atoms with van der Waals surface area (Å²) in [4.78, 5) is 11.4. The minimum absolute atomic E-state index is 0. The van der Waals surface area contributed by atoms with Gasteiger partial charge in [0.2, 0.25) is 15.9 Å². The number of carbonyl (C=O) groups excluding carboxylic acids is 1. The maximum atomic E-state index is 11.5. The molecule has 0 heterocycles. The van der Waals surface area contributed by atoms with Crippen LogP contribution in [0, 0.1) is 5.92 Å². The molecule has 0 bridgehead atoms. The van der Waals surface area contributed by atoms with Crippen LogP contribution in [0.5, 0.6) is 0 Å². The first-order chi connectivity index (χ1) is 8.95. The van der Waals surface area contributed by atoms with Gasteiger partial charge >= 0.3 is 0 Å². The number of amides is 1. The van der Waals surface area contributed by atoms with E-state index in [1.807, 2.05) is 0 Å². The molecule has 1 saturated carbocycles. The van der Waals surface area contributed by atoms with Crippen molar-refractivity contribution in [3.63, 3.8) is 0 Å². The third-order valence-corrected chi connectivity index (χ3v) is 5.09. The van der Waals surface area contributed by atoms with E-state index in [0.29, 0.717) is 26.1 Å². The summed E-state index contributed by atoms with van der Waals surface area (Å²) in [6.07, 6.45) is 3.17. The van der Waals surface area contributed by atoms with Crippen molar-refractivity contribution in [3.05, 3.63) is 0 Å². The molecule has 6 nitrogen and oxygen atoms in total. The summed E-state index contributed by atoms with van der Waals surface area (Å²) < 4.78 is 24.3. The van der Waals surface area contributed by atoms with Crippen molar-refractivity contribution in [1.29, 1.82) is 0 Å². The second-order valence-electron chi connectivity index (χ2n) is 5.00. The van der Waals surface area contributed by atoms with Gasteiger partial charge in [-0.1, -0.05) is 0 Å². The van der Waals surface area contributed by atoms with E-state index in [9.17, 15) is 13.2 Å². The Labute approximate surface area is 128 Å². The molecule has 0 atom stereocenters. The topological polar surface area (TPSA) is 78.5 Å². The van der Waals surface area contributed by atoms with Gasteiger partial charge in [-0.3, -0.25) is 4.79 Å². The molecular weight excluding hydrogens is 302 g/mol. The summed E-state index contributed by atoms with van der Waals surface area (Å²) >= 11 is 0. The molecule has 0 spiro atoms. The number of hydrogen-bond acceptors (Lipinski definition) is 4. The molecule has 1 amide bonds. The number of rotatable bonds is 10. The third kappa shape index (κ3) is 8.04. The number of sulfonamides is 1. The summed E-state index contributed by atoms with van der Waals surface area (Å²) in [6, 6.07) is 0. The van der Waals surface area contributed by atoms with Gasteiger partial charge in [-0.05, 0) is 38.6 Å². The van der Waals surface area contributed by atoms with Crippen LogP contribution in [0.25, 0.3) is 0 Å². The predicted octanol–water partition coefficient (Wildman–Crippen LogP) is 0.196. The standard InChI is InChI=1S/C12H25N3O3S.ClH/c1-3-19(17,18)15(2)8-4-7-14-12(16)10-13-9-11-5-6-11;/h11,13H,3-10H2,1-2H3,(H,14,16);1H. The Kier molecular flexibility index (Phi) is 9.37. The first kappa shape index (κ1) is 19.6. The summed E-state index contributed by atoms with van der Waals surface area (Å²) in [5.74, 6) is 0.850. The third-order valence-electron chi connectivity index (χ3n) is 3.23. The molecule has 0 unspecified atom stereocenters. The van der Waals surface area contributed by atoms with E-state index in [0.717, 1.165) is 12.5 Å². The number of halogens is 1. The molecule has 1 rings (SSSR count). The molecule has 0 aromatic heterocycles. The van der Waals surface area contributed by atoms with Crippen LogP contribution in [0.3, 0.4) is 0 Å². The highest BCUT2D eigenvalue weighted by Crippen LogP contribution is 2.27. The first-order valence-corrected chi connectivity index (χ1v) is 8.48. The minimum Gasteiger partial charge on any atom is -0.355 e. The Balaban J connectivity index is 0.00000361.